The van der Waals surface area contributed by atoms with Crippen LogP contribution in [0.1, 0.15) is 12.0 Å². The van der Waals surface area contributed by atoms with Crippen molar-refractivity contribution in [3.05, 3.63) is 35.9 Å². The van der Waals surface area contributed by atoms with Crippen molar-refractivity contribution in [2.75, 3.05) is 6.61 Å². The predicted octanol–water partition coefficient (Wildman–Crippen LogP) is 3.25. The maximum absolute atomic E-state index is 12.1. The Hall–Kier alpha value is -1.33. The monoisotopic (exact) mass is 333 g/mol. The van der Waals surface area contributed by atoms with E-state index in [1.54, 1.807) is 0 Å². The molecule has 0 heterocycles. The molecule has 0 aromatic heterocycles. The van der Waals surface area contributed by atoms with E-state index in [2.05, 4.69) is 25.0 Å². The number of nitrogens with one attached hydrogen (secondary N) is 1. The SMILES string of the molecule is C[Si](C)(C)[C@H]1[C@@H]2[C@H](CO)C[C@H](NC(=O)OCc3ccccc3)[C@H]21. The minimum absolute atomic E-state index is 0.164. The van der Waals surface area contributed by atoms with Crippen LogP contribution in [0.2, 0.25) is 25.2 Å². The quantitative estimate of drug-likeness (QED) is 0.813. The van der Waals surface area contributed by atoms with Gasteiger partial charge < -0.3 is 15.2 Å². The van der Waals surface area contributed by atoms with Crippen LogP contribution in [-0.2, 0) is 11.3 Å². The zero-order valence-electron chi connectivity index (χ0n) is 14.2. The van der Waals surface area contributed by atoms with Gasteiger partial charge in [0, 0.05) is 20.7 Å². The molecule has 1 amide bonds. The van der Waals surface area contributed by atoms with Gasteiger partial charge >= 0.3 is 6.09 Å². The molecule has 1 aromatic carbocycles. The summed E-state index contributed by atoms with van der Waals surface area (Å²) in [7, 11) is -1.24. The van der Waals surface area contributed by atoms with E-state index in [0.717, 1.165) is 12.0 Å². The average Bonchev–Trinajstić information content (AvgIpc) is 3.18. The van der Waals surface area contributed by atoms with Crippen molar-refractivity contribution in [1.82, 2.24) is 5.32 Å². The Kier molecular flexibility index (Phi) is 4.51. The van der Waals surface area contributed by atoms with Crippen LogP contribution in [0.3, 0.4) is 0 Å². The normalized spacial score (nSPS) is 32.3. The molecule has 0 saturated heterocycles. The fourth-order valence-corrected chi connectivity index (χ4v) is 7.70. The Bertz CT molecular complexity index is 557. The van der Waals surface area contributed by atoms with E-state index in [0.29, 0.717) is 29.9 Å². The molecule has 1 aromatic rings. The third kappa shape index (κ3) is 3.45. The van der Waals surface area contributed by atoms with Gasteiger partial charge in [-0.1, -0.05) is 50.0 Å². The van der Waals surface area contributed by atoms with E-state index in [-0.39, 0.29) is 18.7 Å². The molecule has 2 N–H and O–H groups in total. The van der Waals surface area contributed by atoms with Gasteiger partial charge in [0.25, 0.3) is 0 Å². The standard InChI is InChI=1S/C18H27NO3Si/c1-23(2,3)17-15-13(10-20)9-14(16(15)17)19-18(21)22-11-12-7-5-4-6-8-12/h4-8,13-17,20H,9-11H2,1-3H3,(H,19,21)/t13-,14-,15+,16+,17-/m0/s1. The van der Waals surface area contributed by atoms with Crippen LogP contribution >= 0.6 is 0 Å². The molecule has 5 heteroatoms. The number of carbonyl (C=O) groups excluding carboxylic acids is 1. The van der Waals surface area contributed by atoms with Crippen LogP contribution in [0.15, 0.2) is 30.3 Å². The first-order chi connectivity index (χ1) is 10.9. The second kappa shape index (κ2) is 6.28. The zero-order chi connectivity index (χ0) is 16.6. The Morgan fingerprint density at radius 2 is 1.96 bits per heavy atom. The fraction of sp³-hybridized carbons (Fsp3) is 0.611. The number of ether oxygens (including phenoxy) is 1. The van der Waals surface area contributed by atoms with E-state index in [9.17, 15) is 9.90 Å². The van der Waals surface area contributed by atoms with Gasteiger partial charge in [-0.05, 0) is 35.3 Å². The van der Waals surface area contributed by atoms with Gasteiger partial charge in [0.15, 0.2) is 0 Å². The number of benzene rings is 1. The first-order valence-electron chi connectivity index (χ1n) is 8.50. The molecule has 0 aliphatic heterocycles. The number of aliphatic hydroxyl groups is 1. The number of aliphatic hydroxyl groups excluding tert-OH is 1. The summed E-state index contributed by atoms with van der Waals surface area (Å²) in [4.78, 5) is 12.1. The van der Waals surface area contributed by atoms with Gasteiger partial charge in [0.1, 0.15) is 6.61 Å². The minimum Gasteiger partial charge on any atom is -0.445 e. The molecule has 3 rings (SSSR count). The summed E-state index contributed by atoms with van der Waals surface area (Å²) >= 11 is 0. The molecule has 5 atom stereocenters. The lowest BCUT2D eigenvalue weighted by Gasteiger charge is -2.25. The molecule has 126 valence electrons. The summed E-state index contributed by atoms with van der Waals surface area (Å²) in [6, 6.07) is 9.88. The van der Waals surface area contributed by atoms with Gasteiger partial charge in [0.05, 0.1) is 0 Å². The number of alkyl carbamates (subject to hydrolysis) is 1. The van der Waals surface area contributed by atoms with Crippen molar-refractivity contribution >= 4 is 14.2 Å². The Labute approximate surface area is 139 Å². The summed E-state index contributed by atoms with van der Waals surface area (Å²) in [5.74, 6) is 1.49. The third-order valence-corrected chi connectivity index (χ3v) is 8.22. The second-order valence-electron chi connectivity index (χ2n) is 8.04. The van der Waals surface area contributed by atoms with Crippen molar-refractivity contribution in [2.24, 2.45) is 17.8 Å². The second-order valence-corrected chi connectivity index (χ2v) is 13.4. The number of hydrogen-bond donors (Lipinski definition) is 2. The van der Waals surface area contributed by atoms with Crippen LogP contribution in [0, 0.1) is 17.8 Å². The summed E-state index contributed by atoms with van der Waals surface area (Å²) in [6.07, 6.45) is 0.546. The average molecular weight is 334 g/mol. The number of amides is 1. The van der Waals surface area contributed by atoms with Gasteiger partial charge in [-0.25, -0.2) is 4.79 Å². The lowest BCUT2D eigenvalue weighted by molar-refractivity contribution is 0.133. The van der Waals surface area contributed by atoms with E-state index < -0.39 is 8.07 Å². The number of carbonyl (C=O) groups is 1. The van der Waals surface area contributed by atoms with Crippen LogP contribution in [0.5, 0.6) is 0 Å². The Morgan fingerprint density at radius 1 is 1.26 bits per heavy atom. The smallest absolute Gasteiger partial charge is 0.407 e. The van der Waals surface area contributed by atoms with Crippen molar-refractivity contribution in [3.8, 4) is 0 Å². The molecular weight excluding hydrogens is 306 g/mol. The van der Waals surface area contributed by atoms with E-state index in [1.165, 1.54) is 0 Å². The third-order valence-electron chi connectivity index (χ3n) is 5.45. The lowest BCUT2D eigenvalue weighted by atomic mass is 10.0. The van der Waals surface area contributed by atoms with Crippen molar-refractivity contribution in [1.29, 1.82) is 0 Å². The molecule has 0 unspecified atom stereocenters. The first-order valence-corrected chi connectivity index (χ1v) is 12.1. The Morgan fingerprint density at radius 3 is 2.57 bits per heavy atom. The van der Waals surface area contributed by atoms with Gasteiger partial charge in [-0.2, -0.15) is 0 Å². The van der Waals surface area contributed by atoms with Crippen LogP contribution in [0.4, 0.5) is 4.79 Å². The summed E-state index contributed by atoms with van der Waals surface area (Å²) in [6.45, 7) is 7.69. The fourth-order valence-electron chi connectivity index (χ4n) is 4.55. The highest BCUT2D eigenvalue weighted by Gasteiger charge is 2.66. The van der Waals surface area contributed by atoms with Crippen molar-refractivity contribution in [2.45, 2.75) is 44.3 Å². The molecule has 4 nitrogen and oxygen atoms in total. The van der Waals surface area contributed by atoms with Gasteiger partial charge in [-0.15, -0.1) is 0 Å². The summed E-state index contributed by atoms with van der Waals surface area (Å²) in [5, 5.41) is 12.7. The molecule has 0 spiro atoms. The van der Waals surface area contributed by atoms with E-state index in [4.69, 9.17) is 4.74 Å². The van der Waals surface area contributed by atoms with Crippen molar-refractivity contribution in [3.63, 3.8) is 0 Å². The minimum atomic E-state index is -1.24. The van der Waals surface area contributed by atoms with E-state index >= 15 is 0 Å². The van der Waals surface area contributed by atoms with Gasteiger partial charge in [0.2, 0.25) is 0 Å². The molecule has 2 aliphatic carbocycles. The van der Waals surface area contributed by atoms with Crippen LogP contribution < -0.4 is 5.32 Å². The maximum atomic E-state index is 12.1. The highest BCUT2D eigenvalue weighted by atomic mass is 28.3. The Balaban J connectivity index is 1.54. The molecule has 2 fully saturated rings. The van der Waals surface area contributed by atoms with Crippen LogP contribution in [-0.4, -0.2) is 31.9 Å². The highest BCUT2D eigenvalue weighted by molar-refractivity contribution is 6.78. The summed E-state index contributed by atoms with van der Waals surface area (Å²) in [5.41, 5.74) is 1.71. The number of fused-ring (bicyclic) bond motifs is 1. The van der Waals surface area contributed by atoms with Gasteiger partial charge in [-0.3, -0.25) is 0 Å². The maximum Gasteiger partial charge on any atom is 0.407 e. The zero-order valence-corrected chi connectivity index (χ0v) is 15.2. The molecule has 2 saturated carbocycles. The number of rotatable bonds is 5. The van der Waals surface area contributed by atoms with Crippen molar-refractivity contribution < 1.29 is 14.6 Å². The van der Waals surface area contributed by atoms with E-state index in [1.807, 2.05) is 30.3 Å². The molecule has 0 bridgehead atoms. The number of hydrogen-bond acceptors (Lipinski definition) is 3. The first kappa shape index (κ1) is 16.5. The topological polar surface area (TPSA) is 58.6 Å². The summed E-state index contributed by atoms with van der Waals surface area (Å²) < 4.78 is 5.35. The highest BCUT2D eigenvalue weighted by Crippen LogP contribution is 2.68. The molecule has 23 heavy (non-hydrogen) atoms. The lowest BCUT2D eigenvalue weighted by Crippen LogP contribution is -2.38. The molecule has 0 radical (unpaired) electrons. The molecular formula is C18H27NO3Si. The van der Waals surface area contributed by atoms with Crippen LogP contribution in [0.25, 0.3) is 0 Å². The largest absolute Gasteiger partial charge is 0.445 e. The predicted molar refractivity (Wildman–Crippen MR) is 92.8 cm³/mol. The molecule has 2 aliphatic rings.